The summed E-state index contributed by atoms with van der Waals surface area (Å²) in [5.41, 5.74) is 0. The van der Waals surface area contributed by atoms with Crippen LogP contribution in [0.2, 0.25) is 0 Å². The Bertz CT molecular complexity index is 301. The summed E-state index contributed by atoms with van der Waals surface area (Å²) in [4.78, 5) is 0. The summed E-state index contributed by atoms with van der Waals surface area (Å²) in [6.45, 7) is 4.88. The minimum Gasteiger partial charge on any atom is -0.492 e. The van der Waals surface area contributed by atoms with E-state index >= 15 is 0 Å². The summed E-state index contributed by atoms with van der Waals surface area (Å²) >= 11 is 1.51. The highest BCUT2D eigenvalue weighted by Gasteiger charge is 2.09. The second-order valence-electron chi connectivity index (χ2n) is 3.83. The molecule has 0 fully saturated rings. The number of hydrogen-bond donors (Lipinski definition) is 2. The van der Waals surface area contributed by atoms with Gasteiger partial charge in [0.05, 0.1) is 7.11 Å². The van der Waals surface area contributed by atoms with Gasteiger partial charge in [0.1, 0.15) is 12.7 Å². The van der Waals surface area contributed by atoms with Crippen LogP contribution in [-0.2, 0) is 0 Å². The van der Waals surface area contributed by atoms with E-state index in [-0.39, 0.29) is 6.61 Å². The fourth-order valence-electron chi connectivity index (χ4n) is 1.14. The van der Waals surface area contributed by atoms with Crippen molar-refractivity contribution in [1.82, 2.24) is 5.32 Å². The molecule has 16 heavy (non-hydrogen) atoms. The minimum atomic E-state index is -0.507. The van der Waals surface area contributed by atoms with Crippen molar-refractivity contribution < 1.29 is 14.6 Å². The molecule has 0 saturated carbocycles. The van der Waals surface area contributed by atoms with Crippen molar-refractivity contribution in [3.63, 3.8) is 0 Å². The van der Waals surface area contributed by atoms with Gasteiger partial charge in [0, 0.05) is 23.3 Å². The molecule has 0 aromatic carbocycles. The lowest BCUT2D eigenvalue weighted by molar-refractivity contribution is 0.103. The number of aliphatic hydroxyl groups is 1. The van der Waals surface area contributed by atoms with Crippen LogP contribution in [0.4, 0.5) is 0 Å². The third kappa shape index (κ3) is 4.38. The fourth-order valence-corrected chi connectivity index (χ4v) is 1.86. The molecule has 0 bridgehead atoms. The Morgan fingerprint density at radius 3 is 2.69 bits per heavy atom. The number of methoxy groups -OCH3 is 1. The van der Waals surface area contributed by atoms with Gasteiger partial charge in [-0.1, -0.05) is 13.8 Å². The van der Waals surface area contributed by atoms with E-state index in [0.29, 0.717) is 24.1 Å². The van der Waals surface area contributed by atoms with Crippen LogP contribution in [0.15, 0.2) is 10.8 Å². The molecule has 1 aromatic rings. The van der Waals surface area contributed by atoms with E-state index in [0.717, 1.165) is 0 Å². The fraction of sp³-hybridized carbons (Fsp3) is 0.636. The molecule has 0 aliphatic rings. The molecule has 1 aromatic heterocycles. The van der Waals surface area contributed by atoms with Crippen molar-refractivity contribution in [3.8, 4) is 11.5 Å². The Labute approximate surface area is 100 Å². The third-order valence-electron chi connectivity index (χ3n) is 2.01. The molecule has 0 saturated heterocycles. The van der Waals surface area contributed by atoms with Gasteiger partial charge in [0.2, 0.25) is 0 Å². The first-order valence-electron chi connectivity index (χ1n) is 5.28. The topological polar surface area (TPSA) is 50.7 Å². The molecule has 0 aliphatic heterocycles. The predicted octanol–water partition coefficient (Wildman–Crippen LogP) is 1.49. The zero-order chi connectivity index (χ0) is 12.0. The molecule has 5 heteroatoms. The molecule has 0 radical (unpaired) electrons. The van der Waals surface area contributed by atoms with E-state index < -0.39 is 6.10 Å². The van der Waals surface area contributed by atoms with Crippen molar-refractivity contribution in [2.24, 2.45) is 0 Å². The summed E-state index contributed by atoms with van der Waals surface area (Å²) in [6, 6.07) is 0.366. The Hall–Kier alpha value is -0.780. The lowest BCUT2D eigenvalue weighted by atomic mass is 10.3. The third-order valence-corrected chi connectivity index (χ3v) is 2.71. The second kappa shape index (κ2) is 6.73. The van der Waals surface area contributed by atoms with Gasteiger partial charge in [-0.25, -0.2) is 0 Å². The van der Waals surface area contributed by atoms with Gasteiger partial charge >= 0.3 is 0 Å². The largest absolute Gasteiger partial charge is 0.492 e. The number of ether oxygens (including phenoxy) is 2. The van der Waals surface area contributed by atoms with Gasteiger partial charge in [0.25, 0.3) is 0 Å². The van der Waals surface area contributed by atoms with Crippen molar-refractivity contribution in [2.75, 3.05) is 20.3 Å². The molecule has 1 heterocycles. The Balaban J connectivity index is 2.28. The van der Waals surface area contributed by atoms with E-state index in [1.165, 1.54) is 11.3 Å². The standard InChI is InChI=1S/C11H19NO3S/c1-8(2)12-4-9(13)5-15-11-7-16-6-10(11)14-3/h6-9,12-13H,4-5H2,1-3H3. The van der Waals surface area contributed by atoms with Gasteiger partial charge in [-0.15, -0.1) is 11.3 Å². The second-order valence-corrected chi connectivity index (χ2v) is 4.58. The molecule has 0 spiro atoms. The molecule has 2 N–H and O–H groups in total. The zero-order valence-electron chi connectivity index (χ0n) is 9.90. The number of rotatable bonds is 7. The first kappa shape index (κ1) is 13.3. The van der Waals surface area contributed by atoms with Crippen LogP contribution in [0, 0.1) is 0 Å². The zero-order valence-corrected chi connectivity index (χ0v) is 10.7. The van der Waals surface area contributed by atoms with Crippen molar-refractivity contribution in [1.29, 1.82) is 0 Å². The van der Waals surface area contributed by atoms with E-state index in [2.05, 4.69) is 5.32 Å². The molecule has 4 nitrogen and oxygen atoms in total. The van der Waals surface area contributed by atoms with E-state index in [4.69, 9.17) is 9.47 Å². The van der Waals surface area contributed by atoms with E-state index in [9.17, 15) is 5.11 Å². The van der Waals surface area contributed by atoms with Gasteiger partial charge in [-0.3, -0.25) is 0 Å². The molecule has 1 unspecified atom stereocenters. The number of thiophene rings is 1. The molecule has 92 valence electrons. The molecule has 1 atom stereocenters. The lowest BCUT2D eigenvalue weighted by Crippen LogP contribution is -2.35. The van der Waals surface area contributed by atoms with Gasteiger partial charge in [0.15, 0.2) is 11.5 Å². The Morgan fingerprint density at radius 1 is 1.38 bits per heavy atom. The quantitative estimate of drug-likeness (QED) is 0.764. The Morgan fingerprint density at radius 2 is 2.06 bits per heavy atom. The highest BCUT2D eigenvalue weighted by Crippen LogP contribution is 2.30. The molecule has 0 amide bonds. The van der Waals surface area contributed by atoms with Crippen LogP contribution in [-0.4, -0.2) is 37.5 Å². The molecular formula is C11H19NO3S. The highest BCUT2D eigenvalue weighted by atomic mass is 32.1. The summed E-state index contributed by atoms with van der Waals surface area (Å²) in [6.07, 6.45) is -0.507. The van der Waals surface area contributed by atoms with Crippen LogP contribution in [0.5, 0.6) is 11.5 Å². The highest BCUT2D eigenvalue weighted by molar-refractivity contribution is 7.08. The van der Waals surface area contributed by atoms with E-state index in [1.807, 2.05) is 24.6 Å². The van der Waals surface area contributed by atoms with Gasteiger partial charge < -0.3 is 19.9 Å². The van der Waals surface area contributed by atoms with Crippen molar-refractivity contribution >= 4 is 11.3 Å². The number of aliphatic hydroxyl groups excluding tert-OH is 1. The lowest BCUT2D eigenvalue weighted by Gasteiger charge is -2.14. The number of hydrogen-bond acceptors (Lipinski definition) is 5. The maximum atomic E-state index is 9.64. The SMILES string of the molecule is COc1cscc1OCC(O)CNC(C)C. The maximum Gasteiger partial charge on any atom is 0.171 e. The Kier molecular flexibility index (Phi) is 5.59. The van der Waals surface area contributed by atoms with Crippen molar-refractivity contribution in [3.05, 3.63) is 10.8 Å². The maximum absolute atomic E-state index is 9.64. The summed E-state index contributed by atoms with van der Waals surface area (Å²) in [5, 5.41) is 16.5. The first-order valence-corrected chi connectivity index (χ1v) is 6.22. The molecule has 0 aliphatic carbocycles. The van der Waals surface area contributed by atoms with Crippen molar-refractivity contribution in [2.45, 2.75) is 26.0 Å². The van der Waals surface area contributed by atoms with Crippen LogP contribution in [0.3, 0.4) is 0 Å². The predicted molar refractivity (Wildman–Crippen MR) is 65.5 cm³/mol. The molecular weight excluding hydrogens is 226 g/mol. The van der Waals surface area contributed by atoms with Gasteiger partial charge in [-0.2, -0.15) is 0 Å². The van der Waals surface area contributed by atoms with Crippen LogP contribution < -0.4 is 14.8 Å². The van der Waals surface area contributed by atoms with Crippen LogP contribution in [0.1, 0.15) is 13.8 Å². The van der Waals surface area contributed by atoms with Crippen LogP contribution >= 0.6 is 11.3 Å². The normalized spacial score (nSPS) is 12.8. The average Bonchev–Trinajstić information content (AvgIpc) is 2.70. The minimum absolute atomic E-state index is 0.271. The first-order chi connectivity index (χ1) is 7.63. The smallest absolute Gasteiger partial charge is 0.171 e. The summed E-state index contributed by atoms with van der Waals surface area (Å²) in [5.74, 6) is 1.41. The van der Waals surface area contributed by atoms with Gasteiger partial charge in [-0.05, 0) is 0 Å². The molecule has 1 rings (SSSR count). The number of nitrogens with one attached hydrogen (secondary N) is 1. The average molecular weight is 245 g/mol. The monoisotopic (exact) mass is 245 g/mol. The summed E-state index contributed by atoms with van der Waals surface area (Å²) < 4.78 is 10.6. The van der Waals surface area contributed by atoms with Crippen LogP contribution in [0.25, 0.3) is 0 Å². The van der Waals surface area contributed by atoms with E-state index in [1.54, 1.807) is 7.11 Å². The summed E-state index contributed by atoms with van der Waals surface area (Å²) in [7, 11) is 1.60.